The molecular formula is C13H15ClF3IN2O. The van der Waals surface area contributed by atoms with E-state index in [-0.39, 0.29) is 29.8 Å². The van der Waals surface area contributed by atoms with E-state index in [1.54, 1.807) is 27.5 Å². The highest BCUT2D eigenvalue weighted by atomic mass is 127. The van der Waals surface area contributed by atoms with E-state index in [0.717, 1.165) is 18.6 Å². The summed E-state index contributed by atoms with van der Waals surface area (Å²) < 4.78 is 38.7. The van der Waals surface area contributed by atoms with Crippen LogP contribution in [0.3, 0.4) is 0 Å². The van der Waals surface area contributed by atoms with Gasteiger partial charge in [-0.3, -0.25) is 4.79 Å². The molecule has 3 nitrogen and oxygen atoms in total. The first kappa shape index (κ1) is 18.5. The molecule has 0 radical (unpaired) electrons. The number of likely N-dealkylation sites (tertiary alicyclic amines) is 1. The lowest BCUT2D eigenvalue weighted by Crippen LogP contribution is -2.30. The molecule has 21 heavy (non-hydrogen) atoms. The van der Waals surface area contributed by atoms with E-state index in [0.29, 0.717) is 23.2 Å². The van der Waals surface area contributed by atoms with Crippen LogP contribution in [0.5, 0.6) is 0 Å². The molecule has 0 saturated carbocycles. The maximum absolute atomic E-state index is 12.8. The third-order valence-electron chi connectivity index (χ3n) is 3.38. The van der Waals surface area contributed by atoms with Crippen LogP contribution in [0.1, 0.15) is 22.3 Å². The van der Waals surface area contributed by atoms with Gasteiger partial charge in [0.2, 0.25) is 0 Å². The van der Waals surface area contributed by atoms with E-state index in [1.807, 2.05) is 0 Å². The van der Waals surface area contributed by atoms with Crippen molar-refractivity contribution in [3.8, 4) is 0 Å². The van der Waals surface area contributed by atoms with Crippen LogP contribution in [0.25, 0.3) is 0 Å². The Morgan fingerprint density at radius 1 is 1.38 bits per heavy atom. The van der Waals surface area contributed by atoms with Crippen molar-refractivity contribution in [1.82, 2.24) is 4.90 Å². The summed E-state index contributed by atoms with van der Waals surface area (Å²) in [6, 6.07) is 3.43. The normalized spacial score (nSPS) is 18.5. The number of carbonyl (C=O) groups is 1. The number of amides is 1. The van der Waals surface area contributed by atoms with Crippen LogP contribution >= 0.6 is 35.0 Å². The Labute approximate surface area is 140 Å². The van der Waals surface area contributed by atoms with Crippen LogP contribution in [0.2, 0.25) is 0 Å². The SMILES string of the molecule is Cl.NCC1CCN(C(=O)c2cc(I)cc(C(F)(F)F)c2)C1. The summed E-state index contributed by atoms with van der Waals surface area (Å²) in [6.45, 7) is 1.56. The number of nitrogens with two attached hydrogens (primary N) is 1. The first-order chi connectivity index (χ1) is 9.31. The van der Waals surface area contributed by atoms with Crippen molar-refractivity contribution >= 4 is 40.9 Å². The van der Waals surface area contributed by atoms with Crippen molar-refractivity contribution in [2.75, 3.05) is 19.6 Å². The fourth-order valence-corrected chi connectivity index (χ4v) is 2.94. The molecular weight excluding hydrogens is 420 g/mol. The van der Waals surface area contributed by atoms with Gasteiger partial charge in [0.25, 0.3) is 5.91 Å². The van der Waals surface area contributed by atoms with Crippen molar-refractivity contribution < 1.29 is 18.0 Å². The van der Waals surface area contributed by atoms with Crippen molar-refractivity contribution in [3.63, 3.8) is 0 Å². The van der Waals surface area contributed by atoms with Gasteiger partial charge in [-0.1, -0.05) is 0 Å². The predicted octanol–water partition coefficient (Wildman–Crippen LogP) is 3.15. The highest BCUT2D eigenvalue weighted by Crippen LogP contribution is 2.31. The molecule has 1 aliphatic heterocycles. The minimum absolute atomic E-state index is 0. The van der Waals surface area contributed by atoms with Gasteiger partial charge in [0.05, 0.1) is 5.56 Å². The second kappa shape index (κ2) is 7.15. The van der Waals surface area contributed by atoms with E-state index in [2.05, 4.69) is 0 Å². The molecule has 0 aliphatic carbocycles. The summed E-state index contributed by atoms with van der Waals surface area (Å²) in [6.07, 6.45) is -3.64. The first-order valence-corrected chi connectivity index (χ1v) is 7.26. The van der Waals surface area contributed by atoms with Gasteiger partial charge in [-0.15, -0.1) is 12.4 Å². The zero-order valence-electron chi connectivity index (χ0n) is 11.0. The third kappa shape index (κ3) is 4.46. The molecule has 8 heteroatoms. The zero-order chi connectivity index (χ0) is 14.9. The van der Waals surface area contributed by atoms with Crippen LogP contribution < -0.4 is 5.73 Å². The molecule has 118 valence electrons. The van der Waals surface area contributed by atoms with E-state index >= 15 is 0 Å². The number of alkyl halides is 3. The Kier molecular flexibility index (Phi) is 6.30. The van der Waals surface area contributed by atoms with Gasteiger partial charge in [-0.25, -0.2) is 0 Å². The van der Waals surface area contributed by atoms with Crippen LogP contribution in [0, 0.1) is 9.49 Å². The lowest BCUT2D eigenvalue weighted by molar-refractivity contribution is -0.137. The van der Waals surface area contributed by atoms with Crippen LogP contribution in [0.15, 0.2) is 18.2 Å². The van der Waals surface area contributed by atoms with Crippen LogP contribution in [-0.4, -0.2) is 30.4 Å². The average Bonchev–Trinajstić information content (AvgIpc) is 2.84. The van der Waals surface area contributed by atoms with Crippen molar-refractivity contribution in [1.29, 1.82) is 0 Å². The summed E-state index contributed by atoms with van der Waals surface area (Å²) in [5.74, 6) is -0.117. The molecule has 0 spiro atoms. The molecule has 2 rings (SSSR count). The number of nitrogens with zero attached hydrogens (tertiary/aromatic N) is 1. The summed E-state index contributed by atoms with van der Waals surface area (Å²) in [4.78, 5) is 13.8. The van der Waals surface area contributed by atoms with Gasteiger partial charge >= 0.3 is 6.18 Å². The van der Waals surface area contributed by atoms with Gasteiger partial charge < -0.3 is 10.6 Å². The van der Waals surface area contributed by atoms with Crippen molar-refractivity contribution in [2.45, 2.75) is 12.6 Å². The van der Waals surface area contributed by atoms with E-state index < -0.39 is 11.7 Å². The minimum Gasteiger partial charge on any atom is -0.338 e. The maximum Gasteiger partial charge on any atom is 0.416 e. The second-order valence-corrected chi connectivity index (χ2v) is 6.11. The Morgan fingerprint density at radius 3 is 2.57 bits per heavy atom. The molecule has 0 aromatic heterocycles. The summed E-state index contributed by atoms with van der Waals surface area (Å²) >= 11 is 1.79. The van der Waals surface area contributed by atoms with Crippen molar-refractivity contribution in [2.24, 2.45) is 11.7 Å². The van der Waals surface area contributed by atoms with Gasteiger partial charge in [0.15, 0.2) is 0 Å². The highest BCUT2D eigenvalue weighted by Gasteiger charge is 2.33. The zero-order valence-corrected chi connectivity index (χ0v) is 14.0. The Hall–Kier alpha value is -0.540. The predicted molar refractivity (Wildman–Crippen MR) is 84.5 cm³/mol. The maximum atomic E-state index is 12.8. The molecule has 2 N–H and O–H groups in total. The summed E-state index contributed by atoms with van der Waals surface area (Å²) in [5.41, 5.74) is 4.85. The summed E-state index contributed by atoms with van der Waals surface area (Å²) in [7, 11) is 0. The molecule has 1 aromatic rings. The lowest BCUT2D eigenvalue weighted by Gasteiger charge is -2.17. The molecule has 1 unspecified atom stereocenters. The first-order valence-electron chi connectivity index (χ1n) is 6.18. The average molecular weight is 435 g/mol. The van der Waals surface area contributed by atoms with E-state index in [1.165, 1.54) is 6.07 Å². The number of hydrogen-bond acceptors (Lipinski definition) is 2. The molecule has 1 heterocycles. The third-order valence-corrected chi connectivity index (χ3v) is 4.00. The monoisotopic (exact) mass is 434 g/mol. The Balaban J connectivity index is 0.00000220. The molecule has 1 atom stereocenters. The lowest BCUT2D eigenvalue weighted by atomic mass is 10.1. The summed E-state index contributed by atoms with van der Waals surface area (Å²) in [5, 5.41) is 0. The molecule has 1 amide bonds. The van der Waals surface area contributed by atoms with Gasteiger partial charge in [-0.05, 0) is 59.7 Å². The number of halogens is 5. The quantitative estimate of drug-likeness (QED) is 0.727. The van der Waals surface area contributed by atoms with E-state index in [4.69, 9.17) is 5.73 Å². The standard InChI is InChI=1S/C13H14F3IN2O.ClH/c14-13(15,16)10-3-9(4-11(17)5-10)12(20)19-2-1-8(6-18)7-19;/h3-5,8H,1-2,6-7,18H2;1H. The Morgan fingerprint density at radius 2 is 2.05 bits per heavy atom. The van der Waals surface area contributed by atoms with Gasteiger partial charge in [0, 0.05) is 22.2 Å². The number of rotatable bonds is 2. The van der Waals surface area contributed by atoms with Crippen molar-refractivity contribution in [3.05, 3.63) is 32.9 Å². The fraction of sp³-hybridized carbons (Fsp3) is 0.462. The minimum atomic E-state index is -4.44. The topological polar surface area (TPSA) is 46.3 Å². The molecule has 0 bridgehead atoms. The molecule has 1 aromatic carbocycles. The van der Waals surface area contributed by atoms with Gasteiger partial charge in [0.1, 0.15) is 0 Å². The van der Waals surface area contributed by atoms with Gasteiger partial charge in [-0.2, -0.15) is 13.2 Å². The molecule has 1 fully saturated rings. The molecule has 1 aliphatic rings. The largest absolute Gasteiger partial charge is 0.416 e. The smallest absolute Gasteiger partial charge is 0.338 e. The highest BCUT2D eigenvalue weighted by molar-refractivity contribution is 14.1. The number of hydrogen-bond donors (Lipinski definition) is 1. The van der Waals surface area contributed by atoms with E-state index in [9.17, 15) is 18.0 Å². The number of carbonyl (C=O) groups excluding carboxylic acids is 1. The van der Waals surface area contributed by atoms with Crippen LogP contribution in [0.4, 0.5) is 13.2 Å². The number of benzene rings is 1. The second-order valence-electron chi connectivity index (χ2n) is 4.87. The van der Waals surface area contributed by atoms with Crippen LogP contribution in [-0.2, 0) is 6.18 Å². The molecule has 1 saturated heterocycles. The Bertz CT molecular complexity index is 525. The fourth-order valence-electron chi connectivity index (χ4n) is 2.27.